The van der Waals surface area contributed by atoms with Gasteiger partial charge in [0.1, 0.15) is 0 Å². The second-order valence-electron chi connectivity index (χ2n) is 6.24. The van der Waals surface area contributed by atoms with Crippen LogP contribution in [0.1, 0.15) is 34.4 Å². The summed E-state index contributed by atoms with van der Waals surface area (Å²) in [5.74, 6) is 0. The van der Waals surface area contributed by atoms with E-state index in [9.17, 15) is 5.11 Å². The Morgan fingerprint density at radius 2 is 2.30 bits per heavy atom. The third kappa shape index (κ3) is 3.66. The largest absolute Gasteiger partial charge is 0.388 e. The molecule has 0 aromatic carbocycles. The van der Waals surface area contributed by atoms with Crippen LogP contribution in [0.15, 0.2) is 17.5 Å². The van der Waals surface area contributed by atoms with Crippen molar-refractivity contribution in [2.45, 2.75) is 39.0 Å². The monoisotopic (exact) mass is 335 g/mol. The highest BCUT2D eigenvalue weighted by molar-refractivity contribution is 7.10. The van der Waals surface area contributed by atoms with Crippen molar-refractivity contribution < 1.29 is 9.84 Å². The summed E-state index contributed by atoms with van der Waals surface area (Å²) in [4.78, 5) is 3.46. The molecule has 3 heterocycles. The van der Waals surface area contributed by atoms with E-state index in [0.29, 0.717) is 13.0 Å². The van der Waals surface area contributed by atoms with Crippen molar-refractivity contribution >= 4 is 11.3 Å². The molecule has 0 spiro atoms. The molecule has 0 radical (unpaired) electrons. The van der Waals surface area contributed by atoms with Crippen molar-refractivity contribution in [2.24, 2.45) is 7.05 Å². The number of aromatic nitrogens is 2. The van der Waals surface area contributed by atoms with Gasteiger partial charge in [-0.1, -0.05) is 6.07 Å². The highest BCUT2D eigenvalue weighted by atomic mass is 32.1. The average Bonchev–Trinajstić information content (AvgIpc) is 3.14. The second-order valence-corrected chi connectivity index (χ2v) is 7.22. The van der Waals surface area contributed by atoms with Crippen molar-refractivity contribution in [3.63, 3.8) is 0 Å². The van der Waals surface area contributed by atoms with E-state index in [2.05, 4.69) is 23.8 Å². The fourth-order valence-electron chi connectivity index (χ4n) is 3.22. The first-order valence-corrected chi connectivity index (χ1v) is 8.96. The van der Waals surface area contributed by atoms with Gasteiger partial charge in [0, 0.05) is 42.3 Å². The Kier molecular flexibility index (Phi) is 5.16. The Balaban J connectivity index is 1.71. The predicted octanol–water partition coefficient (Wildman–Crippen LogP) is 2.42. The van der Waals surface area contributed by atoms with Gasteiger partial charge < -0.3 is 9.84 Å². The van der Waals surface area contributed by atoms with E-state index in [1.807, 2.05) is 29.2 Å². The summed E-state index contributed by atoms with van der Waals surface area (Å²) in [7, 11) is 1.99. The number of hydrogen-bond donors (Lipinski definition) is 1. The van der Waals surface area contributed by atoms with E-state index in [4.69, 9.17) is 4.74 Å². The van der Waals surface area contributed by atoms with Gasteiger partial charge in [0.25, 0.3) is 0 Å². The van der Waals surface area contributed by atoms with Crippen LogP contribution < -0.4 is 0 Å². The summed E-state index contributed by atoms with van der Waals surface area (Å²) in [6.07, 6.45) is 0.291. The van der Waals surface area contributed by atoms with Crippen LogP contribution in [0.3, 0.4) is 0 Å². The van der Waals surface area contributed by atoms with Gasteiger partial charge in [0.2, 0.25) is 0 Å². The molecule has 126 valence electrons. The minimum atomic E-state index is -0.416. The fraction of sp³-hybridized carbons (Fsp3) is 0.588. The van der Waals surface area contributed by atoms with Gasteiger partial charge in [-0.25, -0.2) is 0 Å². The van der Waals surface area contributed by atoms with Crippen LogP contribution in [0.2, 0.25) is 0 Å². The zero-order valence-electron chi connectivity index (χ0n) is 14.0. The molecule has 1 aliphatic rings. The fourth-order valence-corrected chi connectivity index (χ4v) is 3.94. The molecule has 0 saturated carbocycles. The van der Waals surface area contributed by atoms with Gasteiger partial charge in [-0.2, -0.15) is 5.10 Å². The first kappa shape index (κ1) is 16.6. The summed E-state index contributed by atoms with van der Waals surface area (Å²) >= 11 is 1.61. The molecule has 2 aromatic heterocycles. The number of nitrogens with zero attached hydrogens (tertiary/aromatic N) is 3. The summed E-state index contributed by atoms with van der Waals surface area (Å²) < 4.78 is 7.61. The number of ether oxygens (including phenoxy) is 1. The van der Waals surface area contributed by atoms with Crippen molar-refractivity contribution in [1.29, 1.82) is 0 Å². The minimum Gasteiger partial charge on any atom is -0.388 e. The van der Waals surface area contributed by atoms with Gasteiger partial charge in [0.05, 0.1) is 25.0 Å². The molecule has 2 atom stereocenters. The molecule has 0 aliphatic carbocycles. The molecular weight excluding hydrogens is 310 g/mol. The third-order valence-electron chi connectivity index (χ3n) is 4.74. The molecule has 6 heteroatoms. The van der Waals surface area contributed by atoms with E-state index in [1.54, 1.807) is 11.3 Å². The van der Waals surface area contributed by atoms with Gasteiger partial charge >= 0.3 is 0 Å². The summed E-state index contributed by atoms with van der Waals surface area (Å²) in [5, 5.41) is 17.0. The van der Waals surface area contributed by atoms with E-state index in [1.165, 1.54) is 11.3 Å². The molecule has 23 heavy (non-hydrogen) atoms. The number of aliphatic hydroxyl groups is 1. The maximum absolute atomic E-state index is 10.5. The SMILES string of the molecule is Cc1nn(C)c(C)c1CN1CCOCC1CC(O)c1cccs1. The number of rotatable bonds is 5. The number of aliphatic hydroxyl groups excluding tert-OH is 1. The maximum atomic E-state index is 10.5. The van der Waals surface area contributed by atoms with E-state index < -0.39 is 6.10 Å². The number of aryl methyl sites for hydroxylation is 2. The minimum absolute atomic E-state index is 0.236. The molecule has 0 amide bonds. The van der Waals surface area contributed by atoms with E-state index in [-0.39, 0.29) is 6.04 Å². The van der Waals surface area contributed by atoms with Crippen LogP contribution in [-0.2, 0) is 18.3 Å². The zero-order valence-corrected chi connectivity index (χ0v) is 14.8. The van der Waals surface area contributed by atoms with Gasteiger partial charge in [0.15, 0.2) is 0 Å². The summed E-state index contributed by atoms with van der Waals surface area (Å²) in [5.41, 5.74) is 3.60. The Labute approximate surface area is 141 Å². The van der Waals surface area contributed by atoms with Crippen molar-refractivity contribution in [1.82, 2.24) is 14.7 Å². The summed E-state index contributed by atoms with van der Waals surface area (Å²) in [6.45, 7) is 7.39. The molecule has 1 fully saturated rings. The molecular formula is C17H25N3O2S. The van der Waals surface area contributed by atoms with E-state index in [0.717, 1.165) is 30.3 Å². The predicted molar refractivity (Wildman–Crippen MR) is 91.6 cm³/mol. The number of morpholine rings is 1. The van der Waals surface area contributed by atoms with Crippen molar-refractivity contribution in [2.75, 3.05) is 19.8 Å². The van der Waals surface area contributed by atoms with Crippen molar-refractivity contribution in [3.8, 4) is 0 Å². The lowest BCUT2D eigenvalue weighted by Crippen LogP contribution is -2.45. The van der Waals surface area contributed by atoms with Gasteiger partial charge in [-0.3, -0.25) is 9.58 Å². The highest BCUT2D eigenvalue weighted by Gasteiger charge is 2.27. The van der Waals surface area contributed by atoms with Crippen LogP contribution in [-0.4, -0.2) is 45.6 Å². The first-order valence-electron chi connectivity index (χ1n) is 8.08. The van der Waals surface area contributed by atoms with Crippen LogP contribution in [0, 0.1) is 13.8 Å². The molecule has 1 saturated heterocycles. The highest BCUT2D eigenvalue weighted by Crippen LogP contribution is 2.27. The Morgan fingerprint density at radius 1 is 1.48 bits per heavy atom. The topological polar surface area (TPSA) is 50.5 Å². The van der Waals surface area contributed by atoms with Crippen LogP contribution in [0.5, 0.6) is 0 Å². The third-order valence-corrected chi connectivity index (χ3v) is 5.71. The smallest absolute Gasteiger partial charge is 0.0897 e. The lowest BCUT2D eigenvalue weighted by Gasteiger charge is -2.36. The molecule has 2 unspecified atom stereocenters. The Morgan fingerprint density at radius 3 is 2.96 bits per heavy atom. The second kappa shape index (κ2) is 7.13. The standard InChI is InChI=1S/C17H25N3O2S/c1-12-15(13(2)19(3)18-12)10-20-6-7-22-11-14(20)9-16(21)17-5-4-8-23-17/h4-5,8,14,16,21H,6-7,9-11H2,1-3H3. The average molecular weight is 335 g/mol. The van der Waals surface area contributed by atoms with Gasteiger partial charge in [-0.15, -0.1) is 11.3 Å². The summed E-state index contributed by atoms with van der Waals surface area (Å²) in [6, 6.07) is 4.22. The van der Waals surface area contributed by atoms with Crippen LogP contribution in [0.4, 0.5) is 0 Å². The molecule has 2 aromatic rings. The molecule has 3 rings (SSSR count). The molecule has 1 aliphatic heterocycles. The lowest BCUT2D eigenvalue weighted by atomic mass is 10.0. The van der Waals surface area contributed by atoms with Gasteiger partial charge in [-0.05, 0) is 31.7 Å². The molecule has 5 nitrogen and oxygen atoms in total. The number of thiophene rings is 1. The van der Waals surface area contributed by atoms with Crippen LogP contribution in [0.25, 0.3) is 0 Å². The first-order chi connectivity index (χ1) is 11.1. The van der Waals surface area contributed by atoms with Crippen molar-refractivity contribution in [3.05, 3.63) is 39.3 Å². The quantitative estimate of drug-likeness (QED) is 0.912. The Hall–Kier alpha value is -1.21. The maximum Gasteiger partial charge on any atom is 0.0897 e. The van der Waals surface area contributed by atoms with Crippen LogP contribution >= 0.6 is 11.3 Å². The molecule has 0 bridgehead atoms. The lowest BCUT2D eigenvalue weighted by molar-refractivity contribution is -0.0297. The van der Waals surface area contributed by atoms with E-state index >= 15 is 0 Å². The Bertz CT molecular complexity index is 639. The zero-order chi connectivity index (χ0) is 16.4. The molecule has 1 N–H and O–H groups in total. The number of hydrogen-bond acceptors (Lipinski definition) is 5. The normalized spacial score (nSPS) is 20.8.